The van der Waals surface area contributed by atoms with Crippen molar-refractivity contribution < 1.29 is 17.6 Å². The molecular formula is C8H7F3O2. The molecule has 0 unspecified atom stereocenters. The predicted octanol–water partition coefficient (Wildman–Crippen LogP) is 2.13. The Hall–Kier alpha value is -1.26. The van der Waals surface area contributed by atoms with E-state index in [2.05, 4.69) is 4.42 Å². The molecule has 0 saturated heterocycles. The Labute approximate surface area is 72.0 Å². The third-order valence-corrected chi connectivity index (χ3v) is 1.49. The van der Waals surface area contributed by atoms with Gasteiger partial charge in [0.05, 0.1) is 6.26 Å². The number of halogens is 3. The second kappa shape index (κ2) is 3.64. The SMILES string of the molecule is O=c1occcc1CCC(F)(F)F. The first-order chi connectivity index (χ1) is 5.99. The topological polar surface area (TPSA) is 30.2 Å². The highest BCUT2D eigenvalue weighted by molar-refractivity contribution is 5.06. The van der Waals surface area contributed by atoms with Gasteiger partial charge in [-0.3, -0.25) is 0 Å². The molecule has 13 heavy (non-hydrogen) atoms. The van der Waals surface area contributed by atoms with Gasteiger partial charge in [0.15, 0.2) is 0 Å². The second-order valence-corrected chi connectivity index (χ2v) is 2.54. The highest BCUT2D eigenvalue weighted by atomic mass is 19.4. The van der Waals surface area contributed by atoms with Crippen LogP contribution >= 0.6 is 0 Å². The minimum atomic E-state index is -4.23. The molecule has 0 bridgehead atoms. The highest BCUT2D eigenvalue weighted by Gasteiger charge is 2.26. The summed E-state index contributed by atoms with van der Waals surface area (Å²) in [6, 6.07) is 2.73. The van der Waals surface area contributed by atoms with Crippen LogP contribution in [-0.2, 0) is 6.42 Å². The van der Waals surface area contributed by atoms with Crippen LogP contribution in [0.15, 0.2) is 27.6 Å². The maximum absolute atomic E-state index is 11.7. The molecule has 0 saturated carbocycles. The van der Waals surface area contributed by atoms with Crippen LogP contribution in [0.4, 0.5) is 13.2 Å². The van der Waals surface area contributed by atoms with E-state index >= 15 is 0 Å². The van der Waals surface area contributed by atoms with Crippen molar-refractivity contribution in [3.05, 3.63) is 34.4 Å². The Morgan fingerprint density at radius 1 is 1.38 bits per heavy atom. The molecule has 1 rings (SSSR count). The highest BCUT2D eigenvalue weighted by Crippen LogP contribution is 2.20. The zero-order valence-electron chi connectivity index (χ0n) is 6.60. The molecule has 0 radical (unpaired) electrons. The van der Waals surface area contributed by atoms with Crippen molar-refractivity contribution in [2.45, 2.75) is 19.0 Å². The van der Waals surface area contributed by atoms with E-state index in [9.17, 15) is 18.0 Å². The second-order valence-electron chi connectivity index (χ2n) is 2.54. The number of aryl methyl sites for hydroxylation is 1. The first-order valence-electron chi connectivity index (χ1n) is 3.62. The average Bonchev–Trinajstić information content (AvgIpc) is 2.01. The molecule has 1 aromatic rings. The lowest BCUT2D eigenvalue weighted by Gasteiger charge is -2.03. The molecule has 0 aliphatic heterocycles. The average molecular weight is 192 g/mol. The van der Waals surface area contributed by atoms with Crippen LogP contribution in [0.2, 0.25) is 0 Å². The van der Waals surface area contributed by atoms with Crippen molar-refractivity contribution in [3.8, 4) is 0 Å². The Balaban J connectivity index is 2.66. The van der Waals surface area contributed by atoms with Crippen LogP contribution in [0.3, 0.4) is 0 Å². The van der Waals surface area contributed by atoms with Crippen molar-refractivity contribution in [2.24, 2.45) is 0 Å². The predicted molar refractivity (Wildman–Crippen MR) is 39.4 cm³/mol. The van der Waals surface area contributed by atoms with Gasteiger partial charge in [-0.15, -0.1) is 0 Å². The van der Waals surface area contributed by atoms with Crippen LogP contribution in [0.25, 0.3) is 0 Å². The van der Waals surface area contributed by atoms with E-state index in [1.165, 1.54) is 12.1 Å². The molecule has 0 N–H and O–H groups in total. The van der Waals surface area contributed by atoms with Crippen molar-refractivity contribution in [3.63, 3.8) is 0 Å². The lowest BCUT2D eigenvalue weighted by Crippen LogP contribution is -2.13. The molecule has 72 valence electrons. The van der Waals surface area contributed by atoms with Crippen LogP contribution in [-0.4, -0.2) is 6.18 Å². The lowest BCUT2D eigenvalue weighted by molar-refractivity contribution is -0.134. The normalized spacial score (nSPS) is 11.6. The molecule has 1 heterocycles. The monoisotopic (exact) mass is 192 g/mol. The van der Waals surface area contributed by atoms with Gasteiger partial charge in [-0.2, -0.15) is 13.2 Å². The van der Waals surface area contributed by atoms with Gasteiger partial charge in [0.1, 0.15) is 0 Å². The minimum Gasteiger partial charge on any atom is -0.431 e. The maximum Gasteiger partial charge on any atom is 0.389 e. The summed E-state index contributed by atoms with van der Waals surface area (Å²) in [5.74, 6) is 0. The van der Waals surface area contributed by atoms with Gasteiger partial charge >= 0.3 is 11.8 Å². The molecule has 0 atom stereocenters. The van der Waals surface area contributed by atoms with E-state index in [4.69, 9.17) is 0 Å². The van der Waals surface area contributed by atoms with Gasteiger partial charge in [-0.1, -0.05) is 0 Å². The number of hydrogen-bond acceptors (Lipinski definition) is 2. The molecule has 0 aliphatic rings. The molecule has 0 fully saturated rings. The summed E-state index contributed by atoms with van der Waals surface area (Å²) in [7, 11) is 0. The van der Waals surface area contributed by atoms with E-state index in [1.54, 1.807) is 0 Å². The number of rotatable bonds is 2. The fourth-order valence-corrected chi connectivity index (χ4v) is 0.862. The molecule has 2 nitrogen and oxygen atoms in total. The molecule has 1 aromatic heterocycles. The Kier molecular flexibility index (Phi) is 2.75. The molecule has 0 amide bonds. The Morgan fingerprint density at radius 2 is 2.08 bits per heavy atom. The number of hydrogen-bond donors (Lipinski definition) is 0. The standard InChI is InChI=1S/C8H7F3O2/c9-8(10,11)4-3-6-2-1-5-13-7(6)12/h1-2,5H,3-4H2. The summed E-state index contributed by atoms with van der Waals surface area (Å²) in [4.78, 5) is 10.8. The van der Waals surface area contributed by atoms with Gasteiger partial charge in [-0.05, 0) is 18.6 Å². The molecule has 0 aliphatic carbocycles. The summed E-state index contributed by atoms with van der Waals surface area (Å²) >= 11 is 0. The largest absolute Gasteiger partial charge is 0.431 e. The van der Waals surface area contributed by atoms with Crippen molar-refractivity contribution in [1.82, 2.24) is 0 Å². The summed E-state index contributed by atoms with van der Waals surface area (Å²) in [6.45, 7) is 0. The van der Waals surface area contributed by atoms with Gasteiger partial charge in [0, 0.05) is 12.0 Å². The minimum absolute atomic E-state index is 0.0554. The fourth-order valence-electron chi connectivity index (χ4n) is 0.862. The van der Waals surface area contributed by atoms with E-state index in [-0.39, 0.29) is 12.0 Å². The molecule has 5 heteroatoms. The summed E-state index contributed by atoms with van der Waals surface area (Å²) in [5, 5.41) is 0. The lowest BCUT2D eigenvalue weighted by atomic mass is 10.2. The smallest absolute Gasteiger partial charge is 0.389 e. The molecular weight excluding hydrogens is 185 g/mol. The van der Waals surface area contributed by atoms with Crippen LogP contribution in [0, 0.1) is 0 Å². The number of alkyl halides is 3. The summed E-state index contributed by atoms with van der Waals surface area (Å²) in [6.07, 6.45) is -4.42. The van der Waals surface area contributed by atoms with Crippen LogP contribution in [0.5, 0.6) is 0 Å². The molecule has 0 spiro atoms. The van der Waals surface area contributed by atoms with Crippen LogP contribution < -0.4 is 5.63 Å². The van der Waals surface area contributed by atoms with Gasteiger partial charge in [0.2, 0.25) is 0 Å². The quantitative estimate of drug-likeness (QED) is 0.718. The van der Waals surface area contributed by atoms with E-state index in [0.717, 1.165) is 6.26 Å². The molecule has 0 aromatic carbocycles. The third kappa shape index (κ3) is 3.31. The fraction of sp³-hybridized carbons (Fsp3) is 0.375. The van der Waals surface area contributed by atoms with Crippen LogP contribution in [0.1, 0.15) is 12.0 Å². The van der Waals surface area contributed by atoms with E-state index < -0.39 is 18.2 Å². The summed E-state index contributed by atoms with van der Waals surface area (Å²) < 4.78 is 39.6. The van der Waals surface area contributed by atoms with Gasteiger partial charge in [0.25, 0.3) is 0 Å². The summed E-state index contributed by atoms with van der Waals surface area (Å²) in [5.41, 5.74) is -0.647. The van der Waals surface area contributed by atoms with Gasteiger partial charge < -0.3 is 4.42 Å². The van der Waals surface area contributed by atoms with E-state index in [1.807, 2.05) is 0 Å². The zero-order valence-corrected chi connectivity index (χ0v) is 6.60. The maximum atomic E-state index is 11.7. The Morgan fingerprint density at radius 3 is 2.62 bits per heavy atom. The van der Waals surface area contributed by atoms with Crippen molar-refractivity contribution in [1.29, 1.82) is 0 Å². The first kappa shape index (κ1) is 9.83. The van der Waals surface area contributed by atoms with Gasteiger partial charge in [-0.25, -0.2) is 4.79 Å². The Bertz CT molecular complexity index is 327. The third-order valence-electron chi connectivity index (χ3n) is 1.49. The first-order valence-corrected chi connectivity index (χ1v) is 3.62. The zero-order chi connectivity index (χ0) is 9.90. The van der Waals surface area contributed by atoms with Crippen molar-refractivity contribution in [2.75, 3.05) is 0 Å². The van der Waals surface area contributed by atoms with E-state index in [0.29, 0.717) is 0 Å². The van der Waals surface area contributed by atoms with Crippen molar-refractivity contribution >= 4 is 0 Å².